The Hall–Kier alpha value is -2.70. The number of nitrogens with one attached hydrogen (secondary N) is 2. The molecule has 0 saturated carbocycles. The second-order valence-corrected chi connectivity index (χ2v) is 4.69. The number of benzene rings is 1. The zero-order chi connectivity index (χ0) is 14.3. The number of H-pyrrole nitrogens is 1. The number of anilines is 1. The molecule has 1 amide bonds. The minimum absolute atomic E-state index is 0.194. The van der Waals surface area contributed by atoms with Crippen molar-refractivity contribution in [3.63, 3.8) is 0 Å². The molecule has 0 radical (unpaired) electrons. The molecule has 0 saturated heterocycles. The highest BCUT2D eigenvalue weighted by Crippen LogP contribution is 2.22. The van der Waals surface area contributed by atoms with E-state index in [4.69, 9.17) is 0 Å². The summed E-state index contributed by atoms with van der Waals surface area (Å²) in [6.07, 6.45) is 0. The smallest absolute Gasteiger partial charge is 0.270 e. The van der Waals surface area contributed by atoms with Crippen molar-refractivity contribution < 1.29 is 4.79 Å². The molecule has 2 aromatic heterocycles. The van der Waals surface area contributed by atoms with E-state index in [0.717, 1.165) is 22.2 Å². The highest BCUT2D eigenvalue weighted by atomic mass is 16.1. The van der Waals surface area contributed by atoms with Gasteiger partial charge in [-0.05, 0) is 42.8 Å². The van der Waals surface area contributed by atoms with Gasteiger partial charge in [0.05, 0.1) is 7.05 Å². The zero-order valence-corrected chi connectivity index (χ0v) is 11.4. The van der Waals surface area contributed by atoms with Crippen molar-refractivity contribution in [1.29, 1.82) is 0 Å². The highest BCUT2D eigenvalue weighted by molar-refractivity contribution is 6.05. The average molecular weight is 270 g/mol. The maximum Gasteiger partial charge on any atom is 0.270 e. The lowest BCUT2D eigenvalue weighted by Crippen LogP contribution is -2.13. The van der Waals surface area contributed by atoms with Crippen LogP contribution in [-0.2, 0) is 7.05 Å². The summed E-state index contributed by atoms with van der Waals surface area (Å²) < 4.78 is 0. The molecule has 0 fully saturated rings. The van der Waals surface area contributed by atoms with E-state index in [1.807, 2.05) is 26.0 Å². The number of rotatable bonds is 2. The van der Waals surface area contributed by atoms with Crippen LogP contribution in [0.25, 0.3) is 10.9 Å². The molecule has 0 aliphatic carbocycles. The molecule has 0 spiro atoms. The minimum atomic E-state index is -0.252. The predicted octanol–water partition coefficient (Wildman–Crippen LogP) is 1.56. The molecular formula is C13H14N6O. The predicted molar refractivity (Wildman–Crippen MR) is 74.5 cm³/mol. The summed E-state index contributed by atoms with van der Waals surface area (Å²) in [5.74, 6) is -0.0577. The minimum Gasteiger partial charge on any atom is -0.358 e. The molecule has 7 heteroatoms. The van der Waals surface area contributed by atoms with Crippen LogP contribution in [0, 0.1) is 13.8 Å². The van der Waals surface area contributed by atoms with Crippen LogP contribution >= 0.6 is 0 Å². The van der Waals surface area contributed by atoms with Gasteiger partial charge in [-0.15, -0.1) is 5.10 Å². The molecule has 2 N–H and O–H groups in total. The fourth-order valence-electron chi connectivity index (χ4n) is 2.11. The molecule has 0 aliphatic rings. The van der Waals surface area contributed by atoms with Crippen LogP contribution < -0.4 is 5.32 Å². The van der Waals surface area contributed by atoms with E-state index in [1.165, 1.54) is 4.80 Å². The number of fused-ring (bicyclic) bond motifs is 1. The number of aromatic amines is 1. The highest BCUT2D eigenvalue weighted by Gasteiger charge is 2.12. The van der Waals surface area contributed by atoms with Gasteiger partial charge in [-0.3, -0.25) is 10.1 Å². The van der Waals surface area contributed by atoms with Gasteiger partial charge in [-0.25, -0.2) is 0 Å². The van der Waals surface area contributed by atoms with Crippen LogP contribution in [-0.4, -0.2) is 31.1 Å². The number of aryl methyl sites for hydroxylation is 3. The van der Waals surface area contributed by atoms with Crippen molar-refractivity contribution in [2.75, 3.05) is 5.32 Å². The van der Waals surface area contributed by atoms with Crippen molar-refractivity contribution in [3.05, 3.63) is 35.0 Å². The molecule has 0 aliphatic heterocycles. The maximum absolute atomic E-state index is 12.1. The van der Waals surface area contributed by atoms with Gasteiger partial charge in [-0.1, -0.05) is 5.10 Å². The summed E-state index contributed by atoms with van der Waals surface area (Å²) in [6.45, 7) is 4.04. The average Bonchev–Trinajstić information content (AvgIpc) is 2.94. The van der Waals surface area contributed by atoms with Crippen LogP contribution in [0.15, 0.2) is 18.2 Å². The summed E-state index contributed by atoms with van der Waals surface area (Å²) >= 11 is 0. The van der Waals surface area contributed by atoms with Crippen LogP contribution in [0.4, 0.5) is 5.95 Å². The first kappa shape index (κ1) is 12.3. The van der Waals surface area contributed by atoms with E-state index < -0.39 is 0 Å². The number of tetrazole rings is 1. The van der Waals surface area contributed by atoms with E-state index >= 15 is 0 Å². The fourth-order valence-corrected chi connectivity index (χ4v) is 2.11. The standard InChI is InChI=1S/C13H14N6O/c1-7-8(2)14-11-5-4-9(6-10(7)11)12(20)15-13-16-18-19(3)17-13/h4-6,14H,1-3H3,(H,15,17,20). The first-order chi connectivity index (χ1) is 9.54. The number of hydrogen-bond acceptors (Lipinski definition) is 4. The first-order valence-corrected chi connectivity index (χ1v) is 6.19. The molecule has 0 unspecified atom stereocenters. The van der Waals surface area contributed by atoms with Crippen molar-refractivity contribution in [2.24, 2.45) is 7.05 Å². The molecule has 3 aromatic rings. The van der Waals surface area contributed by atoms with Crippen molar-refractivity contribution >= 4 is 22.8 Å². The van der Waals surface area contributed by atoms with E-state index in [9.17, 15) is 4.79 Å². The number of nitrogens with zero attached hydrogens (tertiary/aromatic N) is 4. The first-order valence-electron chi connectivity index (χ1n) is 6.19. The molecule has 102 valence electrons. The Balaban J connectivity index is 1.93. The molecule has 20 heavy (non-hydrogen) atoms. The number of amides is 1. The number of carbonyl (C=O) groups excluding carboxylic acids is 1. The lowest BCUT2D eigenvalue weighted by Gasteiger charge is -2.01. The molecule has 0 atom stereocenters. The molecule has 0 bridgehead atoms. The topological polar surface area (TPSA) is 88.5 Å². The Morgan fingerprint density at radius 1 is 1.35 bits per heavy atom. The fraction of sp³-hybridized carbons (Fsp3) is 0.231. The van der Waals surface area contributed by atoms with Gasteiger partial charge in [0.1, 0.15) is 0 Å². The Morgan fingerprint density at radius 3 is 2.85 bits per heavy atom. The largest absolute Gasteiger partial charge is 0.358 e. The van der Waals surface area contributed by atoms with Gasteiger partial charge in [0, 0.05) is 22.2 Å². The van der Waals surface area contributed by atoms with Crippen LogP contribution in [0.5, 0.6) is 0 Å². The Morgan fingerprint density at radius 2 is 2.15 bits per heavy atom. The Bertz CT molecular complexity index is 800. The van der Waals surface area contributed by atoms with Gasteiger partial charge in [0.2, 0.25) is 0 Å². The maximum atomic E-state index is 12.1. The third-order valence-corrected chi connectivity index (χ3v) is 3.30. The normalized spacial score (nSPS) is 10.9. The quantitative estimate of drug-likeness (QED) is 0.739. The lowest BCUT2D eigenvalue weighted by atomic mass is 10.1. The summed E-state index contributed by atoms with van der Waals surface area (Å²) in [6, 6.07) is 5.53. The molecule has 2 heterocycles. The SMILES string of the molecule is Cc1[nH]c2ccc(C(=O)Nc3nnn(C)n3)cc2c1C. The summed E-state index contributed by atoms with van der Waals surface area (Å²) in [5.41, 5.74) is 3.83. The molecule has 1 aromatic carbocycles. The van der Waals surface area contributed by atoms with Gasteiger partial charge in [-0.2, -0.15) is 4.80 Å². The van der Waals surface area contributed by atoms with Crippen LogP contribution in [0.1, 0.15) is 21.6 Å². The lowest BCUT2D eigenvalue weighted by molar-refractivity contribution is 0.102. The number of aromatic nitrogens is 5. The Kier molecular flexibility index (Phi) is 2.74. The van der Waals surface area contributed by atoms with E-state index in [0.29, 0.717) is 5.56 Å². The van der Waals surface area contributed by atoms with E-state index in [1.54, 1.807) is 13.1 Å². The van der Waals surface area contributed by atoms with Crippen LogP contribution in [0.3, 0.4) is 0 Å². The van der Waals surface area contributed by atoms with Crippen molar-refractivity contribution in [3.8, 4) is 0 Å². The zero-order valence-electron chi connectivity index (χ0n) is 11.4. The number of carbonyl (C=O) groups is 1. The Labute approximate surface area is 115 Å². The third-order valence-electron chi connectivity index (χ3n) is 3.30. The summed E-state index contributed by atoms with van der Waals surface area (Å²) in [5, 5.41) is 15.0. The third kappa shape index (κ3) is 2.03. The second-order valence-electron chi connectivity index (χ2n) is 4.69. The van der Waals surface area contributed by atoms with Crippen molar-refractivity contribution in [1.82, 2.24) is 25.2 Å². The molecule has 7 nitrogen and oxygen atoms in total. The molecule has 3 rings (SSSR count). The van der Waals surface area contributed by atoms with E-state index in [-0.39, 0.29) is 11.9 Å². The monoisotopic (exact) mass is 270 g/mol. The summed E-state index contributed by atoms with van der Waals surface area (Å²) in [4.78, 5) is 16.7. The van der Waals surface area contributed by atoms with Crippen molar-refractivity contribution in [2.45, 2.75) is 13.8 Å². The van der Waals surface area contributed by atoms with Gasteiger partial charge >= 0.3 is 0 Å². The molecular weight excluding hydrogens is 256 g/mol. The van der Waals surface area contributed by atoms with Gasteiger partial charge in [0.25, 0.3) is 11.9 Å². The van der Waals surface area contributed by atoms with Gasteiger partial charge in [0.15, 0.2) is 0 Å². The summed E-state index contributed by atoms with van der Waals surface area (Å²) in [7, 11) is 1.64. The number of hydrogen-bond donors (Lipinski definition) is 2. The van der Waals surface area contributed by atoms with E-state index in [2.05, 4.69) is 25.7 Å². The van der Waals surface area contributed by atoms with Gasteiger partial charge < -0.3 is 4.98 Å². The second kappa shape index (κ2) is 4.44. The van der Waals surface area contributed by atoms with Crippen LogP contribution in [0.2, 0.25) is 0 Å².